The lowest BCUT2D eigenvalue weighted by molar-refractivity contribution is 0.209. The van der Waals surface area contributed by atoms with E-state index in [1.54, 1.807) is 6.92 Å². The van der Waals surface area contributed by atoms with Crippen molar-refractivity contribution in [2.45, 2.75) is 58.1 Å². The summed E-state index contributed by atoms with van der Waals surface area (Å²) in [5.41, 5.74) is 0. The molecule has 0 heterocycles. The smallest absolute Gasteiger partial charge is 0.264 e. The Morgan fingerprint density at radius 2 is 1.38 bits per heavy atom. The Labute approximate surface area is 177 Å². The molecule has 0 aromatic heterocycles. The molecule has 0 aliphatic heterocycles. The first-order chi connectivity index (χ1) is 13.6. The van der Waals surface area contributed by atoms with Crippen molar-refractivity contribution in [3.63, 3.8) is 0 Å². The van der Waals surface area contributed by atoms with Gasteiger partial charge in [-0.2, -0.15) is 8.42 Å². The van der Waals surface area contributed by atoms with Gasteiger partial charge in [0.15, 0.2) is 0 Å². The lowest BCUT2D eigenvalue weighted by Crippen LogP contribution is -2.66. The molecule has 29 heavy (non-hydrogen) atoms. The highest BCUT2D eigenvalue weighted by atomic mass is 32.2. The first-order valence-electron chi connectivity index (χ1n) is 10.2. The van der Waals surface area contributed by atoms with Gasteiger partial charge in [-0.3, -0.25) is 4.18 Å². The minimum Gasteiger partial charge on any atom is -0.407 e. The summed E-state index contributed by atoms with van der Waals surface area (Å²) < 4.78 is 34.3. The van der Waals surface area contributed by atoms with Crippen molar-refractivity contribution in [2.75, 3.05) is 12.9 Å². The molecule has 0 saturated carbocycles. The Bertz CT molecular complexity index is 806. The Hall–Kier alpha value is -1.47. The Kier molecular flexibility index (Phi) is 8.23. The number of hydrogen-bond acceptors (Lipinski definition) is 4. The van der Waals surface area contributed by atoms with Gasteiger partial charge >= 0.3 is 0 Å². The van der Waals surface area contributed by atoms with Crippen LogP contribution in [0.4, 0.5) is 0 Å². The number of rotatable bonds is 10. The summed E-state index contributed by atoms with van der Waals surface area (Å²) in [5.74, 6) is 0. The molecule has 0 fully saturated rings. The van der Waals surface area contributed by atoms with E-state index >= 15 is 0 Å². The van der Waals surface area contributed by atoms with Crippen LogP contribution in [0.3, 0.4) is 0 Å². The predicted octanol–water partition coefficient (Wildman–Crippen LogP) is 4.10. The van der Waals surface area contributed by atoms with Crippen LogP contribution in [0.15, 0.2) is 60.7 Å². The average molecular weight is 435 g/mol. The van der Waals surface area contributed by atoms with Gasteiger partial charge < -0.3 is 4.43 Å². The maximum atomic E-state index is 11.2. The highest BCUT2D eigenvalue weighted by molar-refractivity contribution is 7.86. The van der Waals surface area contributed by atoms with Crippen LogP contribution in [-0.2, 0) is 18.7 Å². The lowest BCUT2D eigenvalue weighted by Gasteiger charge is -2.43. The SMILES string of the molecule is C[C@@H](CCCCO[Si](c1ccccc1)(c1ccccc1)C(C)(C)C)OS(C)(=O)=O. The zero-order valence-electron chi connectivity index (χ0n) is 18.2. The number of unbranched alkanes of at least 4 members (excludes halogenated alkanes) is 1. The second-order valence-electron chi connectivity index (χ2n) is 8.62. The quantitative estimate of drug-likeness (QED) is 0.321. The number of hydrogen-bond donors (Lipinski definition) is 0. The third-order valence-electron chi connectivity index (χ3n) is 5.08. The van der Waals surface area contributed by atoms with Crippen LogP contribution in [0.1, 0.15) is 47.0 Å². The van der Waals surface area contributed by atoms with E-state index in [-0.39, 0.29) is 11.1 Å². The van der Waals surface area contributed by atoms with E-state index in [0.29, 0.717) is 13.0 Å². The molecule has 0 aliphatic rings. The fourth-order valence-electron chi connectivity index (χ4n) is 3.87. The van der Waals surface area contributed by atoms with Crippen LogP contribution in [0.25, 0.3) is 0 Å². The molecule has 2 aromatic carbocycles. The van der Waals surface area contributed by atoms with Gasteiger partial charge in [-0.05, 0) is 41.6 Å². The van der Waals surface area contributed by atoms with Crippen LogP contribution in [0.5, 0.6) is 0 Å². The molecule has 0 unspecified atom stereocenters. The molecule has 2 aromatic rings. The molecule has 0 amide bonds. The fraction of sp³-hybridized carbons (Fsp3) is 0.478. The van der Waals surface area contributed by atoms with Gasteiger partial charge in [0, 0.05) is 6.61 Å². The summed E-state index contributed by atoms with van der Waals surface area (Å²) in [5, 5.41) is 2.50. The molecule has 2 rings (SSSR count). The highest BCUT2D eigenvalue weighted by Crippen LogP contribution is 2.36. The monoisotopic (exact) mass is 434 g/mol. The third-order valence-corrected chi connectivity index (χ3v) is 10.8. The Balaban J connectivity index is 2.17. The van der Waals surface area contributed by atoms with Crippen LogP contribution >= 0.6 is 0 Å². The van der Waals surface area contributed by atoms with E-state index in [1.807, 2.05) is 12.1 Å². The molecule has 0 N–H and O–H groups in total. The van der Waals surface area contributed by atoms with Gasteiger partial charge in [-0.15, -0.1) is 0 Å². The molecule has 0 spiro atoms. The maximum Gasteiger partial charge on any atom is 0.264 e. The minimum atomic E-state index is -3.41. The molecule has 160 valence electrons. The van der Waals surface area contributed by atoms with Crippen molar-refractivity contribution < 1.29 is 17.0 Å². The van der Waals surface area contributed by atoms with E-state index < -0.39 is 18.4 Å². The molecular weight excluding hydrogens is 400 g/mol. The molecule has 6 heteroatoms. The van der Waals surface area contributed by atoms with Crippen molar-refractivity contribution >= 4 is 28.8 Å². The van der Waals surface area contributed by atoms with E-state index in [0.717, 1.165) is 19.1 Å². The topological polar surface area (TPSA) is 52.6 Å². The van der Waals surface area contributed by atoms with E-state index in [4.69, 9.17) is 8.61 Å². The van der Waals surface area contributed by atoms with Gasteiger partial charge in [0.05, 0.1) is 12.4 Å². The van der Waals surface area contributed by atoms with Crippen LogP contribution in [0.2, 0.25) is 5.04 Å². The third kappa shape index (κ3) is 6.51. The normalized spacial score (nSPS) is 14.0. The minimum absolute atomic E-state index is 0.0393. The second-order valence-corrected chi connectivity index (χ2v) is 14.5. The molecule has 1 atom stereocenters. The molecule has 0 bridgehead atoms. The average Bonchev–Trinajstić information content (AvgIpc) is 2.63. The fourth-order valence-corrected chi connectivity index (χ4v) is 9.17. The number of benzene rings is 2. The van der Waals surface area contributed by atoms with Crippen LogP contribution < -0.4 is 10.4 Å². The molecule has 0 saturated heterocycles. The summed E-state index contributed by atoms with van der Waals surface area (Å²) in [6, 6.07) is 21.2. The van der Waals surface area contributed by atoms with Crippen molar-refractivity contribution in [1.82, 2.24) is 0 Å². The summed E-state index contributed by atoms with van der Waals surface area (Å²) >= 11 is 0. The largest absolute Gasteiger partial charge is 0.407 e. The summed E-state index contributed by atoms with van der Waals surface area (Å²) in [7, 11) is -5.90. The molecule has 4 nitrogen and oxygen atoms in total. The van der Waals surface area contributed by atoms with Crippen LogP contribution in [0, 0.1) is 0 Å². The van der Waals surface area contributed by atoms with Gasteiger partial charge in [0.1, 0.15) is 0 Å². The maximum absolute atomic E-state index is 11.2. The molecular formula is C23H34O4SSi. The van der Waals surface area contributed by atoms with Crippen molar-refractivity contribution in [3.8, 4) is 0 Å². The Morgan fingerprint density at radius 1 is 0.897 bits per heavy atom. The van der Waals surface area contributed by atoms with Gasteiger partial charge in [-0.25, -0.2) is 0 Å². The summed E-state index contributed by atoms with van der Waals surface area (Å²) in [4.78, 5) is 0. The van der Waals surface area contributed by atoms with E-state index in [1.165, 1.54) is 10.4 Å². The second kappa shape index (κ2) is 10.0. The van der Waals surface area contributed by atoms with Crippen molar-refractivity contribution in [3.05, 3.63) is 60.7 Å². The van der Waals surface area contributed by atoms with E-state index in [2.05, 4.69) is 69.3 Å². The van der Waals surface area contributed by atoms with Crippen LogP contribution in [-0.4, -0.2) is 35.7 Å². The Morgan fingerprint density at radius 3 is 1.79 bits per heavy atom. The summed E-state index contributed by atoms with van der Waals surface area (Å²) in [6.45, 7) is 9.23. The van der Waals surface area contributed by atoms with Gasteiger partial charge in [-0.1, -0.05) is 81.4 Å². The zero-order chi connectivity index (χ0) is 21.5. The van der Waals surface area contributed by atoms with Crippen molar-refractivity contribution in [1.29, 1.82) is 0 Å². The molecule has 0 radical (unpaired) electrons. The lowest BCUT2D eigenvalue weighted by atomic mass is 10.2. The van der Waals surface area contributed by atoms with E-state index in [9.17, 15) is 8.42 Å². The van der Waals surface area contributed by atoms with Gasteiger partial charge in [0.25, 0.3) is 18.4 Å². The van der Waals surface area contributed by atoms with Gasteiger partial charge in [0.2, 0.25) is 0 Å². The van der Waals surface area contributed by atoms with Crippen molar-refractivity contribution in [2.24, 2.45) is 0 Å². The first kappa shape index (κ1) is 23.8. The zero-order valence-corrected chi connectivity index (χ0v) is 20.0. The summed E-state index contributed by atoms with van der Waals surface area (Å²) in [6.07, 6.45) is 3.20. The standard InChI is InChI=1S/C23H34O4SSi/c1-20(27-28(5,24)25)14-12-13-19-26-29(23(2,3)4,21-15-8-6-9-16-21)22-17-10-7-11-18-22/h6-11,15-18,20H,12-14,19H2,1-5H3/t20-/m0/s1. The predicted molar refractivity (Wildman–Crippen MR) is 123 cm³/mol. The first-order valence-corrected chi connectivity index (χ1v) is 13.9. The highest BCUT2D eigenvalue weighted by Gasteiger charge is 2.49. The molecule has 0 aliphatic carbocycles.